The molecule has 0 N–H and O–H groups in total. The van der Waals surface area contributed by atoms with Crippen LogP contribution in [0.3, 0.4) is 0 Å². The molecular weight excluding hydrogens is 176 g/mol. The highest BCUT2D eigenvalue weighted by molar-refractivity contribution is 6.29. The standard InChI is InChI=1S/C8H11ClN2O/c1-3-4-11-6(2)10-7(9)5-8(11)12/h5H,3-4H2,1-2H3. The van der Waals surface area contributed by atoms with Crippen LogP contribution in [0.4, 0.5) is 0 Å². The average Bonchev–Trinajstić information content (AvgIpc) is 1.96. The minimum atomic E-state index is -0.0747. The molecule has 1 heterocycles. The highest BCUT2D eigenvalue weighted by atomic mass is 35.5. The molecule has 0 fully saturated rings. The Labute approximate surface area is 76.0 Å². The summed E-state index contributed by atoms with van der Waals surface area (Å²) in [7, 11) is 0. The van der Waals surface area contributed by atoms with Crippen molar-refractivity contribution < 1.29 is 0 Å². The molecule has 0 aromatic carbocycles. The molecule has 3 nitrogen and oxygen atoms in total. The van der Waals surface area contributed by atoms with Gasteiger partial charge in [0.1, 0.15) is 11.0 Å². The summed E-state index contributed by atoms with van der Waals surface area (Å²) < 4.78 is 1.62. The van der Waals surface area contributed by atoms with Gasteiger partial charge in [0.2, 0.25) is 0 Å². The molecule has 4 heteroatoms. The molecule has 0 saturated carbocycles. The van der Waals surface area contributed by atoms with Crippen molar-refractivity contribution in [1.82, 2.24) is 9.55 Å². The quantitative estimate of drug-likeness (QED) is 0.658. The van der Waals surface area contributed by atoms with E-state index in [9.17, 15) is 4.79 Å². The zero-order valence-corrected chi connectivity index (χ0v) is 7.93. The maximum absolute atomic E-state index is 11.3. The lowest BCUT2D eigenvalue weighted by Gasteiger charge is -2.06. The van der Waals surface area contributed by atoms with E-state index in [1.54, 1.807) is 11.5 Å². The van der Waals surface area contributed by atoms with E-state index in [-0.39, 0.29) is 10.7 Å². The molecule has 66 valence electrons. The van der Waals surface area contributed by atoms with Gasteiger partial charge in [0.25, 0.3) is 5.56 Å². The Bertz CT molecular complexity index is 332. The van der Waals surface area contributed by atoms with Crippen molar-refractivity contribution >= 4 is 11.6 Å². The topological polar surface area (TPSA) is 34.9 Å². The van der Waals surface area contributed by atoms with Crippen molar-refractivity contribution in [2.75, 3.05) is 0 Å². The van der Waals surface area contributed by atoms with Crippen LogP contribution in [0.15, 0.2) is 10.9 Å². The molecule has 0 aliphatic carbocycles. The first kappa shape index (κ1) is 9.26. The molecule has 0 bridgehead atoms. The molecule has 0 amide bonds. The van der Waals surface area contributed by atoms with E-state index in [0.29, 0.717) is 12.4 Å². The molecule has 0 saturated heterocycles. The van der Waals surface area contributed by atoms with Gasteiger partial charge in [-0.05, 0) is 13.3 Å². The molecule has 1 aromatic heterocycles. The zero-order valence-electron chi connectivity index (χ0n) is 7.17. The number of rotatable bonds is 2. The Morgan fingerprint density at radius 1 is 1.67 bits per heavy atom. The molecule has 0 aliphatic heterocycles. The zero-order chi connectivity index (χ0) is 9.14. The van der Waals surface area contributed by atoms with E-state index >= 15 is 0 Å². The number of hydrogen-bond acceptors (Lipinski definition) is 2. The van der Waals surface area contributed by atoms with Crippen LogP contribution in [0, 0.1) is 6.92 Å². The Morgan fingerprint density at radius 3 is 2.83 bits per heavy atom. The van der Waals surface area contributed by atoms with Crippen LogP contribution in [0.5, 0.6) is 0 Å². The largest absolute Gasteiger partial charge is 0.297 e. The highest BCUT2D eigenvalue weighted by Crippen LogP contribution is 2.01. The van der Waals surface area contributed by atoms with E-state index in [4.69, 9.17) is 11.6 Å². The lowest BCUT2D eigenvalue weighted by molar-refractivity contribution is 0.617. The summed E-state index contributed by atoms with van der Waals surface area (Å²) >= 11 is 5.60. The van der Waals surface area contributed by atoms with Crippen molar-refractivity contribution in [2.45, 2.75) is 26.8 Å². The van der Waals surface area contributed by atoms with Crippen LogP contribution >= 0.6 is 11.6 Å². The molecule has 0 atom stereocenters. The van der Waals surface area contributed by atoms with Crippen molar-refractivity contribution in [1.29, 1.82) is 0 Å². The minimum Gasteiger partial charge on any atom is -0.297 e. The second kappa shape index (κ2) is 3.72. The fourth-order valence-electron chi connectivity index (χ4n) is 1.08. The third-order valence-corrected chi connectivity index (χ3v) is 1.81. The third-order valence-electron chi connectivity index (χ3n) is 1.62. The first-order valence-electron chi connectivity index (χ1n) is 3.89. The highest BCUT2D eigenvalue weighted by Gasteiger charge is 2.01. The monoisotopic (exact) mass is 186 g/mol. The van der Waals surface area contributed by atoms with Gasteiger partial charge in [-0.1, -0.05) is 18.5 Å². The van der Waals surface area contributed by atoms with Gasteiger partial charge in [-0.25, -0.2) is 4.98 Å². The van der Waals surface area contributed by atoms with Gasteiger partial charge in [0.05, 0.1) is 0 Å². The lowest BCUT2D eigenvalue weighted by Crippen LogP contribution is -2.22. The van der Waals surface area contributed by atoms with E-state index in [2.05, 4.69) is 4.98 Å². The van der Waals surface area contributed by atoms with Crippen molar-refractivity contribution in [2.24, 2.45) is 0 Å². The van der Waals surface area contributed by atoms with Gasteiger partial charge < -0.3 is 0 Å². The molecule has 12 heavy (non-hydrogen) atoms. The maximum atomic E-state index is 11.3. The summed E-state index contributed by atoms with van der Waals surface area (Å²) in [4.78, 5) is 15.3. The summed E-state index contributed by atoms with van der Waals surface area (Å²) in [5.74, 6) is 0.675. The summed E-state index contributed by atoms with van der Waals surface area (Å²) in [5.41, 5.74) is -0.0747. The van der Waals surface area contributed by atoms with Crippen LogP contribution < -0.4 is 5.56 Å². The van der Waals surface area contributed by atoms with Gasteiger partial charge in [-0.3, -0.25) is 9.36 Å². The average molecular weight is 187 g/mol. The maximum Gasteiger partial charge on any atom is 0.254 e. The Kier molecular flexibility index (Phi) is 2.87. The summed E-state index contributed by atoms with van der Waals surface area (Å²) in [5, 5.41) is 0.268. The van der Waals surface area contributed by atoms with Crippen molar-refractivity contribution in [3.05, 3.63) is 27.4 Å². The summed E-state index contributed by atoms with van der Waals surface area (Å²) in [6, 6.07) is 1.34. The molecule has 0 spiro atoms. The fourth-order valence-corrected chi connectivity index (χ4v) is 1.30. The van der Waals surface area contributed by atoms with E-state index < -0.39 is 0 Å². The fraction of sp³-hybridized carbons (Fsp3) is 0.500. The van der Waals surface area contributed by atoms with E-state index in [1.807, 2.05) is 6.92 Å². The summed E-state index contributed by atoms with van der Waals surface area (Å²) in [6.07, 6.45) is 0.921. The Hall–Kier alpha value is -0.830. The summed E-state index contributed by atoms with van der Waals surface area (Å²) in [6.45, 7) is 4.50. The van der Waals surface area contributed by atoms with E-state index in [0.717, 1.165) is 6.42 Å². The normalized spacial score (nSPS) is 10.2. The van der Waals surface area contributed by atoms with Crippen LogP contribution in [0.25, 0.3) is 0 Å². The Morgan fingerprint density at radius 2 is 2.33 bits per heavy atom. The molecule has 0 radical (unpaired) electrons. The molecule has 0 aliphatic rings. The molecular formula is C8H11ClN2O. The lowest BCUT2D eigenvalue weighted by atomic mass is 10.4. The molecule has 1 rings (SSSR count). The van der Waals surface area contributed by atoms with Gasteiger partial charge in [0, 0.05) is 12.6 Å². The Balaban J connectivity index is 3.19. The minimum absolute atomic E-state index is 0.0747. The number of halogens is 1. The smallest absolute Gasteiger partial charge is 0.254 e. The van der Waals surface area contributed by atoms with E-state index in [1.165, 1.54) is 6.07 Å². The SMILES string of the molecule is CCCn1c(C)nc(Cl)cc1=O. The first-order chi connectivity index (χ1) is 5.65. The van der Waals surface area contributed by atoms with Crippen LogP contribution in [0.1, 0.15) is 19.2 Å². The first-order valence-corrected chi connectivity index (χ1v) is 4.27. The van der Waals surface area contributed by atoms with Crippen molar-refractivity contribution in [3.8, 4) is 0 Å². The second-order valence-electron chi connectivity index (χ2n) is 2.62. The van der Waals surface area contributed by atoms with Crippen LogP contribution in [-0.4, -0.2) is 9.55 Å². The van der Waals surface area contributed by atoms with Crippen LogP contribution in [-0.2, 0) is 6.54 Å². The molecule has 1 aromatic rings. The number of aryl methyl sites for hydroxylation is 1. The third kappa shape index (κ3) is 1.85. The molecule has 0 unspecified atom stereocenters. The second-order valence-corrected chi connectivity index (χ2v) is 3.00. The predicted octanol–water partition coefficient (Wildman–Crippen LogP) is 1.62. The number of nitrogens with zero attached hydrogens (tertiary/aromatic N) is 2. The van der Waals surface area contributed by atoms with Gasteiger partial charge in [-0.2, -0.15) is 0 Å². The predicted molar refractivity (Wildman–Crippen MR) is 48.5 cm³/mol. The van der Waals surface area contributed by atoms with Gasteiger partial charge in [0.15, 0.2) is 0 Å². The van der Waals surface area contributed by atoms with Gasteiger partial charge in [-0.15, -0.1) is 0 Å². The van der Waals surface area contributed by atoms with Crippen molar-refractivity contribution in [3.63, 3.8) is 0 Å². The van der Waals surface area contributed by atoms with Gasteiger partial charge >= 0.3 is 0 Å². The van der Waals surface area contributed by atoms with Crippen LogP contribution in [0.2, 0.25) is 5.15 Å². The number of hydrogen-bond donors (Lipinski definition) is 0. The number of aromatic nitrogens is 2.